The summed E-state index contributed by atoms with van der Waals surface area (Å²) >= 11 is 1.54. The number of rotatable bonds is 5. The zero-order chi connectivity index (χ0) is 13.9. The molecule has 0 amide bonds. The van der Waals surface area contributed by atoms with Crippen LogP contribution in [0.15, 0.2) is 17.0 Å². The molecule has 0 fully saturated rings. The summed E-state index contributed by atoms with van der Waals surface area (Å²) in [6, 6.07) is 4.05. The van der Waals surface area contributed by atoms with Crippen molar-refractivity contribution in [2.75, 3.05) is 7.11 Å². The molecule has 0 aliphatic rings. The van der Waals surface area contributed by atoms with E-state index in [0.717, 1.165) is 10.6 Å². The molecule has 1 aromatic rings. The largest absolute Gasteiger partial charge is 0.496 e. The maximum atomic E-state index is 10.8. The SMILES string of the molecule is COc1cc(C)c(C)cc1SC(C)(C)CC(=O)O. The van der Waals surface area contributed by atoms with Gasteiger partial charge in [0.2, 0.25) is 0 Å². The van der Waals surface area contributed by atoms with Crippen LogP contribution in [-0.4, -0.2) is 22.9 Å². The van der Waals surface area contributed by atoms with E-state index in [9.17, 15) is 4.79 Å². The minimum atomic E-state index is -0.782. The summed E-state index contributed by atoms with van der Waals surface area (Å²) in [5, 5.41) is 8.91. The Morgan fingerprint density at radius 3 is 2.39 bits per heavy atom. The number of hydrogen-bond donors (Lipinski definition) is 1. The molecule has 0 radical (unpaired) electrons. The van der Waals surface area contributed by atoms with E-state index in [0.29, 0.717) is 0 Å². The molecular formula is C14H20O3S. The van der Waals surface area contributed by atoms with Crippen LogP contribution in [-0.2, 0) is 4.79 Å². The van der Waals surface area contributed by atoms with Crippen molar-refractivity contribution in [3.63, 3.8) is 0 Å². The fraction of sp³-hybridized carbons (Fsp3) is 0.500. The Morgan fingerprint density at radius 2 is 1.89 bits per heavy atom. The molecule has 0 aromatic heterocycles. The van der Waals surface area contributed by atoms with Crippen LogP contribution in [0.2, 0.25) is 0 Å². The average molecular weight is 268 g/mol. The Morgan fingerprint density at radius 1 is 1.33 bits per heavy atom. The van der Waals surface area contributed by atoms with Crippen molar-refractivity contribution in [2.24, 2.45) is 0 Å². The number of ether oxygens (including phenoxy) is 1. The Kier molecular flexibility index (Phi) is 4.68. The quantitative estimate of drug-likeness (QED) is 0.828. The van der Waals surface area contributed by atoms with Crippen molar-refractivity contribution < 1.29 is 14.6 Å². The molecule has 0 aliphatic carbocycles. The van der Waals surface area contributed by atoms with E-state index in [1.165, 1.54) is 11.1 Å². The second-order valence-corrected chi connectivity index (χ2v) is 6.77. The van der Waals surface area contributed by atoms with Gasteiger partial charge in [-0.05, 0) is 51.0 Å². The number of methoxy groups -OCH3 is 1. The number of aliphatic carboxylic acids is 1. The van der Waals surface area contributed by atoms with Gasteiger partial charge in [-0.15, -0.1) is 11.8 Å². The third-order valence-corrected chi connectivity index (χ3v) is 3.98. The van der Waals surface area contributed by atoms with Crippen LogP contribution in [0.4, 0.5) is 0 Å². The van der Waals surface area contributed by atoms with Gasteiger partial charge >= 0.3 is 5.97 Å². The fourth-order valence-corrected chi connectivity index (χ4v) is 2.97. The number of carbonyl (C=O) groups is 1. The van der Waals surface area contributed by atoms with Gasteiger partial charge < -0.3 is 9.84 Å². The molecular weight excluding hydrogens is 248 g/mol. The predicted octanol–water partition coefficient (Wildman–Crippen LogP) is 3.66. The number of carboxylic acid groups (broad SMARTS) is 1. The molecule has 0 bridgehead atoms. The van der Waals surface area contributed by atoms with Crippen molar-refractivity contribution in [2.45, 2.75) is 43.8 Å². The third-order valence-electron chi connectivity index (χ3n) is 2.74. The van der Waals surface area contributed by atoms with Gasteiger partial charge in [-0.25, -0.2) is 0 Å². The highest BCUT2D eigenvalue weighted by molar-refractivity contribution is 8.00. The van der Waals surface area contributed by atoms with Gasteiger partial charge in [-0.1, -0.05) is 0 Å². The van der Waals surface area contributed by atoms with Crippen LogP contribution < -0.4 is 4.74 Å². The Bertz CT molecular complexity index is 453. The normalized spacial score (nSPS) is 11.4. The van der Waals surface area contributed by atoms with E-state index in [-0.39, 0.29) is 11.2 Å². The van der Waals surface area contributed by atoms with Crippen molar-refractivity contribution in [3.05, 3.63) is 23.3 Å². The average Bonchev–Trinajstić information content (AvgIpc) is 2.20. The van der Waals surface area contributed by atoms with E-state index in [1.807, 2.05) is 33.8 Å². The highest BCUT2D eigenvalue weighted by Crippen LogP contribution is 2.41. The Labute approximate surface area is 113 Å². The fourth-order valence-electron chi connectivity index (χ4n) is 1.70. The first kappa shape index (κ1) is 14.9. The summed E-state index contributed by atoms with van der Waals surface area (Å²) < 4.78 is 5.00. The predicted molar refractivity (Wildman–Crippen MR) is 74.7 cm³/mol. The number of aryl methyl sites for hydroxylation is 2. The van der Waals surface area contributed by atoms with E-state index in [1.54, 1.807) is 18.9 Å². The van der Waals surface area contributed by atoms with E-state index >= 15 is 0 Å². The van der Waals surface area contributed by atoms with Gasteiger partial charge in [-0.2, -0.15) is 0 Å². The lowest BCUT2D eigenvalue weighted by molar-refractivity contribution is -0.137. The van der Waals surface area contributed by atoms with E-state index < -0.39 is 5.97 Å². The van der Waals surface area contributed by atoms with Crippen LogP contribution in [0.3, 0.4) is 0 Å². The van der Waals surface area contributed by atoms with Crippen molar-refractivity contribution in [3.8, 4) is 5.75 Å². The zero-order valence-corrected chi connectivity index (χ0v) is 12.4. The second-order valence-electron chi connectivity index (χ2n) is 5.02. The highest BCUT2D eigenvalue weighted by atomic mass is 32.2. The monoisotopic (exact) mass is 268 g/mol. The minimum absolute atomic E-state index is 0.119. The van der Waals surface area contributed by atoms with Gasteiger partial charge in [0.1, 0.15) is 5.75 Å². The van der Waals surface area contributed by atoms with Crippen LogP contribution in [0.5, 0.6) is 5.75 Å². The molecule has 0 heterocycles. The van der Waals surface area contributed by atoms with E-state index in [2.05, 4.69) is 6.07 Å². The number of carboxylic acids is 1. The Balaban J connectivity index is 3.03. The molecule has 1 N–H and O–H groups in total. The minimum Gasteiger partial charge on any atom is -0.496 e. The molecule has 0 spiro atoms. The first-order valence-corrected chi connectivity index (χ1v) is 6.63. The molecule has 100 valence electrons. The van der Waals surface area contributed by atoms with Gasteiger partial charge in [-0.3, -0.25) is 4.79 Å². The summed E-state index contributed by atoms with van der Waals surface area (Å²) in [6.07, 6.45) is 0.119. The molecule has 0 saturated carbocycles. The second kappa shape index (κ2) is 5.65. The van der Waals surface area contributed by atoms with Crippen molar-refractivity contribution >= 4 is 17.7 Å². The Hall–Kier alpha value is -1.16. The third kappa shape index (κ3) is 3.95. The standard InChI is InChI=1S/C14H20O3S/c1-9-6-11(17-5)12(7-10(9)2)18-14(3,4)8-13(15)16/h6-7H,8H2,1-5H3,(H,15,16). The summed E-state index contributed by atoms with van der Waals surface area (Å²) in [6.45, 7) is 7.94. The van der Waals surface area contributed by atoms with Crippen molar-refractivity contribution in [1.29, 1.82) is 0 Å². The van der Waals surface area contributed by atoms with Crippen molar-refractivity contribution in [1.82, 2.24) is 0 Å². The van der Waals surface area contributed by atoms with Gasteiger partial charge in [0.25, 0.3) is 0 Å². The molecule has 4 heteroatoms. The number of benzene rings is 1. The van der Waals surface area contributed by atoms with Crippen LogP contribution in [0.1, 0.15) is 31.4 Å². The summed E-state index contributed by atoms with van der Waals surface area (Å²) in [7, 11) is 1.64. The van der Waals surface area contributed by atoms with Crippen LogP contribution in [0.25, 0.3) is 0 Å². The molecule has 18 heavy (non-hydrogen) atoms. The van der Waals surface area contributed by atoms with Crippen LogP contribution in [0, 0.1) is 13.8 Å². The molecule has 1 aromatic carbocycles. The van der Waals surface area contributed by atoms with Gasteiger partial charge in [0.05, 0.1) is 18.4 Å². The summed E-state index contributed by atoms with van der Waals surface area (Å²) in [5.41, 5.74) is 2.36. The molecule has 1 rings (SSSR count). The molecule has 0 saturated heterocycles. The number of hydrogen-bond acceptors (Lipinski definition) is 3. The lowest BCUT2D eigenvalue weighted by Gasteiger charge is -2.23. The summed E-state index contributed by atoms with van der Waals surface area (Å²) in [4.78, 5) is 11.8. The zero-order valence-electron chi connectivity index (χ0n) is 11.5. The lowest BCUT2D eigenvalue weighted by Crippen LogP contribution is -2.19. The molecule has 0 atom stereocenters. The number of thioether (sulfide) groups is 1. The molecule has 0 unspecified atom stereocenters. The maximum Gasteiger partial charge on any atom is 0.304 e. The smallest absolute Gasteiger partial charge is 0.304 e. The molecule has 0 aliphatic heterocycles. The first-order chi connectivity index (χ1) is 8.25. The maximum absolute atomic E-state index is 10.8. The highest BCUT2D eigenvalue weighted by Gasteiger charge is 2.25. The topological polar surface area (TPSA) is 46.5 Å². The lowest BCUT2D eigenvalue weighted by atomic mass is 10.1. The van der Waals surface area contributed by atoms with Gasteiger partial charge in [0.15, 0.2) is 0 Å². The summed E-state index contributed by atoms with van der Waals surface area (Å²) in [5.74, 6) is 0.0249. The van der Waals surface area contributed by atoms with Gasteiger partial charge in [0, 0.05) is 4.75 Å². The van der Waals surface area contributed by atoms with Crippen LogP contribution >= 0.6 is 11.8 Å². The van der Waals surface area contributed by atoms with E-state index in [4.69, 9.17) is 9.84 Å². The first-order valence-electron chi connectivity index (χ1n) is 5.81. The molecule has 3 nitrogen and oxygen atoms in total.